The van der Waals surface area contributed by atoms with E-state index >= 15 is 0 Å². The zero-order valence-electron chi connectivity index (χ0n) is 6.36. The van der Waals surface area contributed by atoms with Gasteiger partial charge in [-0.15, -0.1) is 0 Å². The quantitative estimate of drug-likeness (QED) is 0.484. The van der Waals surface area contributed by atoms with Gasteiger partial charge in [-0.3, -0.25) is 0 Å². The molecule has 0 atom stereocenters. The fourth-order valence-corrected chi connectivity index (χ4v) is 0. The molecule has 0 spiro atoms. The second-order valence-electron chi connectivity index (χ2n) is 2.58. The Hall–Kier alpha value is 0.354. The first-order valence-electron chi connectivity index (χ1n) is 2.54. The summed E-state index contributed by atoms with van der Waals surface area (Å²) in [7, 11) is 0.944. The van der Waals surface area contributed by atoms with E-state index in [-0.39, 0.29) is 0 Å². The van der Waals surface area contributed by atoms with Crippen molar-refractivity contribution in [2.45, 2.75) is 19.6 Å². The van der Waals surface area contributed by atoms with Gasteiger partial charge >= 0.3 is 0 Å². The highest BCUT2D eigenvalue weighted by Gasteiger charge is 2.03. The molecular weight excluding hydrogens is 136 g/mol. The molecule has 8 heavy (non-hydrogen) atoms. The number of hydrogen-bond donors (Lipinski definition) is 1. The fourth-order valence-electron chi connectivity index (χ4n) is 0. The van der Waals surface area contributed by atoms with Gasteiger partial charge in [-0.25, -0.2) is 0 Å². The summed E-state index contributed by atoms with van der Waals surface area (Å²) in [5.41, 5.74) is 0. The fraction of sp³-hybridized carbons (Fsp3) is 1.00. The lowest BCUT2D eigenvalue weighted by molar-refractivity contribution is 0.460. The molecule has 0 saturated heterocycles. The van der Waals surface area contributed by atoms with Crippen LogP contribution in [0.5, 0.6) is 0 Å². The summed E-state index contributed by atoms with van der Waals surface area (Å²) in [4.78, 5) is 8.66. The minimum absolute atomic E-state index is 0.869. The van der Waals surface area contributed by atoms with Crippen molar-refractivity contribution in [2.24, 2.45) is 0 Å². The minimum Gasteiger partial charge on any atom is -0.433 e. The highest BCUT2D eigenvalue weighted by molar-refractivity contribution is 6.68. The summed E-state index contributed by atoms with van der Waals surface area (Å²) in [6, 6.07) is 0. The molecule has 0 amide bonds. The first-order chi connectivity index (χ1) is 3.41. The molecule has 1 N–H and O–H groups in total. The molecule has 0 aliphatic heterocycles. The minimum atomic E-state index is -1.61. The number of hydrogen-bond acceptors (Lipinski definition) is 2. The average Bonchev–Trinajstić information content (AvgIpc) is 1.27. The SMILES string of the molecule is CO[SiH3].C[Si](C)(C)O. The molecule has 0 aromatic heterocycles. The van der Waals surface area contributed by atoms with Crippen molar-refractivity contribution in [2.75, 3.05) is 7.11 Å². The molecule has 0 saturated carbocycles. The Morgan fingerprint density at radius 1 is 1.38 bits per heavy atom. The van der Waals surface area contributed by atoms with Gasteiger partial charge in [0.15, 0.2) is 8.32 Å². The van der Waals surface area contributed by atoms with Crippen LogP contribution in [-0.4, -0.2) is 30.7 Å². The van der Waals surface area contributed by atoms with Crippen LogP contribution < -0.4 is 0 Å². The molecule has 0 aliphatic carbocycles. The van der Waals surface area contributed by atoms with Crippen LogP contribution in [0.1, 0.15) is 0 Å². The number of rotatable bonds is 0. The van der Waals surface area contributed by atoms with Gasteiger partial charge in [-0.05, 0) is 19.6 Å². The molecular formula is C4H16O2Si2. The lowest BCUT2D eigenvalue weighted by atomic mass is 11.8. The third-order valence-corrected chi connectivity index (χ3v) is 0. The van der Waals surface area contributed by atoms with E-state index in [1.165, 1.54) is 0 Å². The van der Waals surface area contributed by atoms with Crippen LogP contribution in [0.4, 0.5) is 0 Å². The van der Waals surface area contributed by atoms with Crippen molar-refractivity contribution < 1.29 is 9.22 Å². The molecule has 2 nitrogen and oxygen atoms in total. The standard InChI is InChI=1S/C3H10OSi.CH6OSi/c1-5(2,3)4;1-2-3/h4H,1-3H3;1,3H3. The van der Waals surface area contributed by atoms with E-state index in [2.05, 4.69) is 4.43 Å². The van der Waals surface area contributed by atoms with Gasteiger partial charge in [0.1, 0.15) is 10.5 Å². The van der Waals surface area contributed by atoms with Crippen molar-refractivity contribution in [1.29, 1.82) is 0 Å². The van der Waals surface area contributed by atoms with Crippen molar-refractivity contribution in [3.8, 4) is 0 Å². The highest BCUT2D eigenvalue weighted by atomic mass is 28.4. The summed E-state index contributed by atoms with van der Waals surface area (Å²) in [6.45, 7) is 5.65. The Bertz CT molecular complexity index is 35.8. The second-order valence-corrected chi connectivity index (χ2v) is 7.74. The van der Waals surface area contributed by atoms with Crippen LogP contribution in [0, 0.1) is 0 Å². The monoisotopic (exact) mass is 152 g/mol. The van der Waals surface area contributed by atoms with Crippen LogP contribution in [0.25, 0.3) is 0 Å². The molecule has 0 rings (SSSR count). The van der Waals surface area contributed by atoms with Crippen LogP contribution in [0.2, 0.25) is 19.6 Å². The maximum atomic E-state index is 8.66. The van der Waals surface area contributed by atoms with E-state index in [9.17, 15) is 0 Å². The molecule has 4 heteroatoms. The average molecular weight is 152 g/mol. The lowest BCUT2D eigenvalue weighted by Gasteiger charge is -2.00. The maximum Gasteiger partial charge on any atom is 0.179 e. The van der Waals surface area contributed by atoms with Crippen molar-refractivity contribution in [3.63, 3.8) is 0 Å². The van der Waals surface area contributed by atoms with Gasteiger partial charge < -0.3 is 9.22 Å². The van der Waals surface area contributed by atoms with Gasteiger partial charge in [-0.1, -0.05) is 0 Å². The highest BCUT2D eigenvalue weighted by Crippen LogP contribution is 1.88. The van der Waals surface area contributed by atoms with Gasteiger partial charge in [0.2, 0.25) is 0 Å². The van der Waals surface area contributed by atoms with E-state index in [1.807, 2.05) is 19.6 Å². The van der Waals surface area contributed by atoms with Crippen LogP contribution in [-0.2, 0) is 4.43 Å². The summed E-state index contributed by atoms with van der Waals surface area (Å²) < 4.78 is 4.39. The van der Waals surface area contributed by atoms with E-state index < -0.39 is 8.32 Å². The topological polar surface area (TPSA) is 29.5 Å². The Morgan fingerprint density at radius 2 is 1.38 bits per heavy atom. The molecule has 0 aromatic rings. The first-order valence-corrected chi connectivity index (χ1v) is 6.80. The van der Waals surface area contributed by atoms with Gasteiger partial charge in [-0.2, -0.15) is 0 Å². The Kier molecular flexibility index (Phi) is 7.68. The van der Waals surface area contributed by atoms with E-state index in [1.54, 1.807) is 7.11 Å². The molecule has 0 aliphatic rings. The molecule has 0 bridgehead atoms. The molecule has 0 radical (unpaired) electrons. The van der Waals surface area contributed by atoms with Gasteiger partial charge in [0.25, 0.3) is 0 Å². The third-order valence-electron chi connectivity index (χ3n) is 0. The van der Waals surface area contributed by atoms with E-state index in [0.717, 1.165) is 10.5 Å². The maximum absolute atomic E-state index is 8.66. The summed E-state index contributed by atoms with van der Waals surface area (Å²) in [5.74, 6) is 0. The lowest BCUT2D eigenvalue weighted by Crippen LogP contribution is -2.17. The summed E-state index contributed by atoms with van der Waals surface area (Å²) in [5, 5.41) is 0. The van der Waals surface area contributed by atoms with Crippen LogP contribution >= 0.6 is 0 Å². The largest absolute Gasteiger partial charge is 0.433 e. The Balaban J connectivity index is 0. The third kappa shape index (κ3) is 1460. The van der Waals surface area contributed by atoms with Crippen LogP contribution in [0.3, 0.4) is 0 Å². The predicted molar refractivity (Wildman–Crippen MR) is 42.5 cm³/mol. The van der Waals surface area contributed by atoms with Crippen LogP contribution in [0.15, 0.2) is 0 Å². The zero-order chi connectivity index (χ0) is 7.21. The molecule has 52 valence electrons. The van der Waals surface area contributed by atoms with Crippen molar-refractivity contribution in [1.82, 2.24) is 0 Å². The smallest absolute Gasteiger partial charge is 0.179 e. The molecule has 0 aromatic carbocycles. The van der Waals surface area contributed by atoms with Gasteiger partial charge in [0.05, 0.1) is 0 Å². The Labute approximate surface area is 55.5 Å². The van der Waals surface area contributed by atoms with Crippen molar-refractivity contribution in [3.05, 3.63) is 0 Å². The predicted octanol–water partition coefficient (Wildman–Crippen LogP) is -0.273. The second kappa shape index (κ2) is 5.49. The van der Waals surface area contributed by atoms with E-state index in [0.29, 0.717) is 0 Å². The Morgan fingerprint density at radius 3 is 1.38 bits per heavy atom. The summed E-state index contributed by atoms with van der Waals surface area (Å²) in [6.07, 6.45) is 0. The normalized spacial score (nSPS) is 10.1. The molecule has 0 unspecified atom stereocenters. The molecule has 0 fully saturated rings. The first kappa shape index (κ1) is 11.2. The van der Waals surface area contributed by atoms with Crippen molar-refractivity contribution >= 4 is 18.8 Å². The summed E-state index contributed by atoms with van der Waals surface area (Å²) >= 11 is 0. The van der Waals surface area contributed by atoms with E-state index in [4.69, 9.17) is 4.80 Å². The molecule has 0 heterocycles. The zero-order valence-corrected chi connectivity index (χ0v) is 9.36. The van der Waals surface area contributed by atoms with Gasteiger partial charge in [0, 0.05) is 7.11 Å².